The van der Waals surface area contributed by atoms with Crippen molar-refractivity contribution in [1.29, 1.82) is 0 Å². The lowest BCUT2D eigenvalue weighted by Gasteiger charge is -2.23. The third kappa shape index (κ3) is 7.64. The third-order valence-corrected chi connectivity index (χ3v) is 2.12. The third-order valence-electron chi connectivity index (χ3n) is 0.991. The van der Waals surface area contributed by atoms with Crippen LogP contribution in [-0.4, -0.2) is 52.1 Å². The van der Waals surface area contributed by atoms with Crippen molar-refractivity contribution in [3.8, 4) is 0 Å². The van der Waals surface area contributed by atoms with Crippen molar-refractivity contribution in [2.75, 3.05) is 19.1 Å². The normalized spacial score (nSPS) is 14.1. The summed E-state index contributed by atoms with van der Waals surface area (Å²) < 4.78 is 50.7. The van der Waals surface area contributed by atoms with Crippen LogP contribution in [0.3, 0.4) is 0 Å². The van der Waals surface area contributed by atoms with Gasteiger partial charge in [0.15, 0.2) is 0 Å². The highest BCUT2D eigenvalue weighted by Crippen LogP contribution is 2.18. The average Bonchev–Trinajstić information content (AvgIpc) is 1.74. The zero-order valence-corrected chi connectivity index (χ0v) is 9.71. The van der Waals surface area contributed by atoms with Crippen LogP contribution in [0.2, 0.25) is 0 Å². The molecule has 0 aromatic rings. The van der Waals surface area contributed by atoms with Crippen LogP contribution in [0.1, 0.15) is 6.42 Å². The second kappa shape index (κ2) is 4.72. The summed E-state index contributed by atoms with van der Waals surface area (Å²) >= 11 is 0. The summed E-state index contributed by atoms with van der Waals surface area (Å²) in [4.78, 5) is 0. The molecule has 0 aliphatic carbocycles. The fraction of sp³-hybridized carbons (Fsp3) is 1.00. The first kappa shape index (κ1) is 14.7. The number of aliphatic hydroxyl groups is 2. The van der Waals surface area contributed by atoms with E-state index in [2.05, 4.69) is 8.37 Å². The minimum absolute atomic E-state index is 0.598. The van der Waals surface area contributed by atoms with E-state index < -0.39 is 39.2 Å². The SMILES string of the molecule is CS(=O)(=O)OC(O)(CCO)OS(C)(=O)=O. The minimum Gasteiger partial charge on any atom is -0.396 e. The number of hydrogen-bond donors (Lipinski definition) is 2. The molecule has 92 valence electrons. The number of rotatable bonds is 6. The zero-order valence-electron chi connectivity index (χ0n) is 8.07. The van der Waals surface area contributed by atoms with E-state index in [4.69, 9.17) is 5.11 Å². The molecule has 0 rings (SSSR count). The Balaban J connectivity index is 4.91. The summed E-state index contributed by atoms with van der Waals surface area (Å²) in [5.74, 6) is -2.91. The molecule has 0 radical (unpaired) electrons. The monoisotopic (exact) mass is 264 g/mol. The summed E-state index contributed by atoms with van der Waals surface area (Å²) in [6.07, 6.45) is 0.467. The summed E-state index contributed by atoms with van der Waals surface area (Å²) in [7, 11) is -8.25. The maximum absolute atomic E-state index is 10.7. The molecule has 0 heterocycles. The summed E-state index contributed by atoms with van der Waals surface area (Å²) in [6, 6.07) is 0. The first-order valence-corrected chi connectivity index (χ1v) is 7.25. The van der Waals surface area contributed by atoms with E-state index in [1.165, 1.54) is 0 Å². The second-order valence-electron chi connectivity index (χ2n) is 2.76. The topological polar surface area (TPSA) is 127 Å². The highest BCUT2D eigenvalue weighted by atomic mass is 32.2. The van der Waals surface area contributed by atoms with Gasteiger partial charge in [-0.05, 0) is 0 Å². The van der Waals surface area contributed by atoms with E-state index in [9.17, 15) is 21.9 Å². The lowest BCUT2D eigenvalue weighted by Crippen LogP contribution is -2.40. The van der Waals surface area contributed by atoms with Gasteiger partial charge in [0.25, 0.3) is 20.2 Å². The van der Waals surface area contributed by atoms with E-state index in [1.54, 1.807) is 0 Å². The maximum Gasteiger partial charge on any atom is 0.312 e. The van der Waals surface area contributed by atoms with Crippen LogP contribution in [0.4, 0.5) is 0 Å². The van der Waals surface area contributed by atoms with Gasteiger partial charge in [0, 0.05) is 0 Å². The molecule has 0 spiro atoms. The van der Waals surface area contributed by atoms with E-state index in [0.29, 0.717) is 12.5 Å². The molecule has 8 nitrogen and oxygen atoms in total. The molecule has 15 heavy (non-hydrogen) atoms. The van der Waals surface area contributed by atoms with Gasteiger partial charge in [0.2, 0.25) is 0 Å². The molecule has 0 amide bonds. The molecule has 0 unspecified atom stereocenters. The largest absolute Gasteiger partial charge is 0.396 e. The summed E-state index contributed by atoms with van der Waals surface area (Å²) in [5, 5.41) is 17.8. The molecule has 0 fully saturated rings. The molecule has 0 saturated carbocycles. The van der Waals surface area contributed by atoms with Gasteiger partial charge in [-0.25, -0.2) is 8.37 Å². The van der Waals surface area contributed by atoms with Gasteiger partial charge < -0.3 is 10.2 Å². The van der Waals surface area contributed by atoms with Gasteiger partial charge in [-0.1, -0.05) is 0 Å². The Bertz CT molecular complexity index is 359. The van der Waals surface area contributed by atoms with Gasteiger partial charge in [-0.2, -0.15) is 16.8 Å². The van der Waals surface area contributed by atoms with Crippen molar-refractivity contribution in [2.45, 2.75) is 12.4 Å². The lowest BCUT2D eigenvalue weighted by atomic mass is 10.4. The Labute approximate surface area is 87.7 Å². The Hall–Kier alpha value is -0.260. The summed E-state index contributed by atoms with van der Waals surface area (Å²) in [6.45, 7) is -0.721. The quantitative estimate of drug-likeness (QED) is 0.415. The van der Waals surface area contributed by atoms with Crippen LogP contribution in [0.15, 0.2) is 0 Å². The van der Waals surface area contributed by atoms with Crippen molar-refractivity contribution in [1.82, 2.24) is 0 Å². The molecular formula is C5H12O8S2. The molecule has 0 saturated heterocycles. The predicted molar refractivity (Wildman–Crippen MR) is 48.5 cm³/mol. The predicted octanol–water partition coefficient (Wildman–Crippen LogP) is -2.03. The Kier molecular flexibility index (Phi) is 4.64. The molecule has 10 heteroatoms. The summed E-state index contributed by atoms with van der Waals surface area (Å²) in [5.41, 5.74) is 0. The van der Waals surface area contributed by atoms with E-state index in [1.807, 2.05) is 0 Å². The number of aliphatic hydroxyl groups excluding tert-OH is 1. The molecule has 0 aliphatic rings. The smallest absolute Gasteiger partial charge is 0.312 e. The Morgan fingerprint density at radius 1 is 1.07 bits per heavy atom. The molecule has 2 N–H and O–H groups in total. The van der Waals surface area contributed by atoms with Crippen LogP contribution < -0.4 is 0 Å². The van der Waals surface area contributed by atoms with Crippen molar-refractivity contribution in [3.63, 3.8) is 0 Å². The van der Waals surface area contributed by atoms with Crippen LogP contribution in [0.25, 0.3) is 0 Å². The molecule has 0 atom stereocenters. The average molecular weight is 264 g/mol. The van der Waals surface area contributed by atoms with Gasteiger partial charge in [0.05, 0.1) is 25.5 Å². The van der Waals surface area contributed by atoms with Crippen molar-refractivity contribution in [3.05, 3.63) is 0 Å². The highest BCUT2D eigenvalue weighted by molar-refractivity contribution is 7.86. The van der Waals surface area contributed by atoms with Crippen molar-refractivity contribution >= 4 is 20.2 Å². The van der Waals surface area contributed by atoms with Crippen molar-refractivity contribution < 1.29 is 35.4 Å². The van der Waals surface area contributed by atoms with Gasteiger partial charge >= 0.3 is 5.97 Å². The number of hydrogen-bond acceptors (Lipinski definition) is 8. The molecular weight excluding hydrogens is 252 g/mol. The Morgan fingerprint density at radius 2 is 1.40 bits per heavy atom. The van der Waals surface area contributed by atoms with E-state index in [0.717, 1.165) is 0 Å². The first-order chi connectivity index (χ1) is 6.47. The standard InChI is InChI=1S/C5H12O8S2/c1-14(8,9)12-5(7,3-4-6)13-15(2,10)11/h6-7H,3-4H2,1-2H3. The van der Waals surface area contributed by atoms with Crippen molar-refractivity contribution in [2.24, 2.45) is 0 Å². The Morgan fingerprint density at radius 3 is 1.60 bits per heavy atom. The van der Waals surface area contributed by atoms with Gasteiger partial charge in [0.1, 0.15) is 0 Å². The van der Waals surface area contributed by atoms with Crippen LogP contribution in [0.5, 0.6) is 0 Å². The molecule has 0 aromatic heterocycles. The van der Waals surface area contributed by atoms with Crippen LogP contribution >= 0.6 is 0 Å². The maximum atomic E-state index is 10.7. The van der Waals surface area contributed by atoms with Crippen LogP contribution in [0, 0.1) is 0 Å². The minimum atomic E-state index is -4.13. The molecule has 0 aliphatic heterocycles. The van der Waals surface area contributed by atoms with Gasteiger partial charge in [-0.3, -0.25) is 0 Å². The zero-order chi connectivity index (χ0) is 12.3. The fourth-order valence-corrected chi connectivity index (χ4v) is 1.94. The lowest BCUT2D eigenvalue weighted by molar-refractivity contribution is -0.273. The highest BCUT2D eigenvalue weighted by Gasteiger charge is 2.37. The van der Waals surface area contributed by atoms with E-state index >= 15 is 0 Å². The fourth-order valence-electron chi connectivity index (χ4n) is 0.712. The molecule has 0 aromatic carbocycles. The first-order valence-electron chi connectivity index (χ1n) is 3.62. The van der Waals surface area contributed by atoms with Crippen LogP contribution in [-0.2, 0) is 28.6 Å². The van der Waals surface area contributed by atoms with E-state index in [-0.39, 0.29) is 0 Å². The van der Waals surface area contributed by atoms with Gasteiger partial charge in [-0.15, -0.1) is 0 Å². The second-order valence-corrected chi connectivity index (χ2v) is 5.91. The molecule has 0 bridgehead atoms.